The molecular formula is C12H21NO3. The number of fused-ring (bicyclic) bond motifs is 2. The SMILES string of the molecule is CC(C)(C)OC(=O)N1[C@@H]2CC[C@@H](C2)[C@H]1CO. The quantitative estimate of drug-likeness (QED) is 0.742. The maximum absolute atomic E-state index is 12.0. The number of hydrogen-bond acceptors (Lipinski definition) is 3. The highest BCUT2D eigenvalue weighted by Gasteiger charge is 2.48. The lowest BCUT2D eigenvalue weighted by atomic mass is 10.00. The predicted molar refractivity (Wildman–Crippen MR) is 60.1 cm³/mol. The molecule has 1 saturated carbocycles. The van der Waals surface area contributed by atoms with Gasteiger partial charge in [-0.2, -0.15) is 0 Å². The summed E-state index contributed by atoms with van der Waals surface area (Å²) in [7, 11) is 0. The molecule has 1 heterocycles. The topological polar surface area (TPSA) is 49.8 Å². The number of carbonyl (C=O) groups excluding carboxylic acids is 1. The minimum absolute atomic E-state index is 0.0198. The van der Waals surface area contributed by atoms with Gasteiger partial charge in [0.25, 0.3) is 0 Å². The third-order valence-electron chi connectivity index (χ3n) is 3.53. The van der Waals surface area contributed by atoms with Gasteiger partial charge in [0, 0.05) is 6.04 Å². The zero-order valence-corrected chi connectivity index (χ0v) is 10.3. The maximum Gasteiger partial charge on any atom is 0.410 e. The zero-order valence-electron chi connectivity index (χ0n) is 10.3. The zero-order chi connectivity index (χ0) is 11.9. The number of likely N-dealkylation sites (tertiary alicyclic amines) is 1. The van der Waals surface area contributed by atoms with Gasteiger partial charge in [0.15, 0.2) is 0 Å². The molecule has 0 radical (unpaired) electrons. The summed E-state index contributed by atoms with van der Waals surface area (Å²) in [5, 5.41) is 9.36. The van der Waals surface area contributed by atoms with E-state index in [0.717, 1.165) is 19.3 Å². The van der Waals surface area contributed by atoms with Crippen molar-refractivity contribution in [2.45, 2.75) is 57.7 Å². The van der Waals surface area contributed by atoms with Gasteiger partial charge in [-0.05, 0) is 46.0 Å². The van der Waals surface area contributed by atoms with Gasteiger partial charge in [-0.15, -0.1) is 0 Å². The van der Waals surface area contributed by atoms with Gasteiger partial charge < -0.3 is 9.84 Å². The first-order chi connectivity index (χ1) is 7.42. The summed E-state index contributed by atoms with van der Waals surface area (Å²) in [6, 6.07) is 0.269. The first-order valence-electron chi connectivity index (χ1n) is 6.04. The Kier molecular flexibility index (Phi) is 2.86. The van der Waals surface area contributed by atoms with Gasteiger partial charge in [-0.3, -0.25) is 4.90 Å². The van der Waals surface area contributed by atoms with E-state index in [2.05, 4.69) is 0 Å². The Hall–Kier alpha value is -0.770. The molecule has 16 heavy (non-hydrogen) atoms. The minimum Gasteiger partial charge on any atom is -0.444 e. The van der Waals surface area contributed by atoms with Crippen molar-refractivity contribution in [3.8, 4) is 0 Å². The van der Waals surface area contributed by atoms with E-state index in [1.165, 1.54) is 0 Å². The van der Waals surface area contributed by atoms with Gasteiger partial charge in [0.1, 0.15) is 5.60 Å². The summed E-state index contributed by atoms with van der Waals surface area (Å²) in [6.45, 7) is 5.66. The first kappa shape index (κ1) is 11.7. The van der Waals surface area contributed by atoms with Crippen molar-refractivity contribution < 1.29 is 14.6 Å². The van der Waals surface area contributed by atoms with Crippen LogP contribution in [0.15, 0.2) is 0 Å². The van der Waals surface area contributed by atoms with Gasteiger partial charge in [-0.25, -0.2) is 4.79 Å². The summed E-state index contributed by atoms with van der Waals surface area (Å²) in [6.07, 6.45) is 2.96. The van der Waals surface area contributed by atoms with E-state index in [9.17, 15) is 9.90 Å². The molecule has 0 aromatic rings. The summed E-state index contributed by atoms with van der Waals surface area (Å²) >= 11 is 0. The van der Waals surface area contributed by atoms with Crippen LogP contribution in [-0.4, -0.2) is 40.4 Å². The second-order valence-electron chi connectivity index (χ2n) is 5.86. The smallest absolute Gasteiger partial charge is 0.410 e. The van der Waals surface area contributed by atoms with Crippen molar-refractivity contribution in [2.24, 2.45) is 5.92 Å². The van der Waals surface area contributed by atoms with Crippen LogP contribution < -0.4 is 0 Å². The number of piperidine rings is 1. The number of rotatable bonds is 1. The van der Waals surface area contributed by atoms with Crippen molar-refractivity contribution in [3.63, 3.8) is 0 Å². The summed E-state index contributed by atoms with van der Waals surface area (Å²) in [4.78, 5) is 13.8. The largest absolute Gasteiger partial charge is 0.444 e. The summed E-state index contributed by atoms with van der Waals surface area (Å²) in [5.41, 5.74) is -0.459. The molecule has 2 fully saturated rings. The van der Waals surface area contributed by atoms with Crippen LogP contribution in [0.2, 0.25) is 0 Å². The van der Waals surface area contributed by atoms with Crippen LogP contribution in [0.4, 0.5) is 4.79 Å². The Labute approximate surface area is 96.6 Å². The number of aliphatic hydroxyl groups excluding tert-OH is 1. The normalized spacial score (nSPS) is 33.2. The van der Waals surface area contributed by atoms with E-state index in [-0.39, 0.29) is 24.8 Å². The number of carbonyl (C=O) groups is 1. The van der Waals surface area contributed by atoms with Gasteiger partial charge in [-0.1, -0.05) is 0 Å². The summed E-state index contributed by atoms with van der Waals surface area (Å²) in [5.74, 6) is 0.475. The van der Waals surface area contributed by atoms with E-state index in [1.807, 2.05) is 20.8 Å². The van der Waals surface area contributed by atoms with Crippen LogP contribution >= 0.6 is 0 Å². The highest BCUT2D eigenvalue weighted by molar-refractivity contribution is 5.69. The van der Waals surface area contributed by atoms with E-state index < -0.39 is 5.60 Å². The Balaban J connectivity index is 2.06. The van der Waals surface area contributed by atoms with E-state index in [1.54, 1.807) is 4.90 Å². The molecule has 2 aliphatic rings. The standard InChI is InChI=1S/C12H21NO3/c1-12(2,3)16-11(15)13-9-5-4-8(6-9)10(13)7-14/h8-10,14H,4-7H2,1-3H3/t8-,9+,10+/m0/s1. The molecule has 1 N–H and O–H groups in total. The molecule has 1 aliphatic carbocycles. The van der Waals surface area contributed by atoms with E-state index in [4.69, 9.17) is 4.74 Å². The Bertz CT molecular complexity index is 284. The fourth-order valence-electron chi connectivity index (χ4n) is 2.93. The monoisotopic (exact) mass is 227 g/mol. The minimum atomic E-state index is -0.459. The van der Waals surface area contributed by atoms with E-state index in [0.29, 0.717) is 5.92 Å². The molecule has 1 amide bonds. The molecule has 0 unspecified atom stereocenters. The molecule has 92 valence electrons. The fourth-order valence-corrected chi connectivity index (χ4v) is 2.93. The number of nitrogens with zero attached hydrogens (tertiary/aromatic N) is 1. The van der Waals surface area contributed by atoms with Crippen LogP contribution in [0.3, 0.4) is 0 Å². The Morgan fingerprint density at radius 3 is 2.69 bits per heavy atom. The van der Waals surface area contributed by atoms with Crippen molar-refractivity contribution in [3.05, 3.63) is 0 Å². The Morgan fingerprint density at radius 1 is 1.44 bits per heavy atom. The maximum atomic E-state index is 12.0. The molecule has 2 rings (SSSR count). The molecule has 0 aromatic carbocycles. The van der Waals surface area contributed by atoms with Crippen LogP contribution in [0.25, 0.3) is 0 Å². The summed E-state index contributed by atoms with van der Waals surface area (Å²) < 4.78 is 5.38. The molecule has 0 aromatic heterocycles. The highest BCUT2D eigenvalue weighted by Crippen LogP contribution is 2.42. The van der Waals surface area contributed by atoms with Gasteiger partial charge >= 0.3 is 6.09 Å². The second-order valence-corrected chi connectivity index (χ2v) is 5.86. The van der Waals surface area contributed by atoms with Crippen molar-refractivity contribution in [2.75, 3.05) is 6.61 Å². The number of hydrogen-bond donors (Lipinski definition) is 1. The fraction of sp³-hybridized carbons (Fsp3) is 0.917. The predicted octanol–water partition coefficient (Wildman–Crippen LogP) is 1.77. The molecular weight excluding hydrogens is 206 g/mol. The first-order valence-corrected chi connectivity index (χ1v) is 6.04. The molecule has 0 spiro atoms. The van der Waals surface area contributed by atoms with Crippen molar-refractivity contribution >= 4 is 6.09 Å². The number of amides is 1. The molecule has 1 aliphatic heterocycles. The van der Waals surface area contributed by atoms with Crippen LogP contribution in [0.1, 0.15) is 40.0 Å². The Morgan fingerprint density at radius 2 is 2.12 bits per heavy atom. The van der Waals surface area contributed by atoms with Gasteiger partial charge in [0.05, 0.1) is 12.6 Å². The average Bonchev–Trinajstić information content (AvgIpc) is 2.72. The number of ether oxygens (including phenoxy) is 1. The van der Waals surface area contributed by atoms with Crippen LogP contribution in [0, 0.1) is 5.92 Å². The second kappa shape index (κ2) is 3.91. The van der Waals surface area contributed by atoms with E-state index >= 15 is 0 Å². The average molecular weight is 227 g/mol. The third-order valence-corrected chi connectivity index (χ3v) is 3.53. The van der Waals surface area contributed by atoms with Crippen molar-refractivity contribution in [1.82, 2.24) is 4.90 Å². The number of aliphatic hydroxyl groups is 1. The lowest BCUT2D eigenvalue weighted by Gasteiger charge is -2.35. The molecule has 3 atom stereocenters. The molecule has 2 bridgehead atoms. The molecule has 4 nitrogen and oxygen atoms in total. The van der Waals surface area contributed by atoms with Crippen LogP contribution in [-0.2, 0) is 4.74 Å². The van der Waals surface area contributed by atoms with Gasteiger partial charge in [0.2, 0.25) is 0 Å². The molecule has 4 heteroatoms. The lowest BCUT2D eigenvalue weighted by Crippen LogP contribution is -2.48. The lowest BCUT2D eigenvalue weighted by molar-refractivity contribution is -0.000465. The molecule has 1 saturated heterocycles. The van der Waals surface area contributed by atoms with Crippen molar-refractivity contribution in [1.29, 1.82) is 0 Å². The van der Waals surface area contributed by atoms with Crippen LogP contribution in [0.5, 0.6) is 0 Å². The highest BCUT2D eigenvalue weighted by atomic mass is 16.6. The third kappa shape index (κ3) is 2.03.